The van der Waals surface area contributed by atoms with E-state index < -0.39 is 0 Å². The van der Waals surface area contributed by atoms with Crippen LogP contribution in [0.15, 0.2) is 24.3 Å². The molecule has 1 aromatic carbocycles. The number of hydrogen-bond acceptors (Lipinski definition) is 3. The van der Waals surface area contributed by atoms with Crippen LogP contribution in [0.5, 0.6) is 0 Å². The predicted molar refractivity (Wildman–Crippen MR) is 75.0 cm³/mol. The molecule has 0 aliphatic carbocycles. The van der Waals surface area contributed by atoms with Gasteiger partial charge in [-0.1, -0.05) is 12.1 Å². The molecule has 1 aliphatic heterocycles. The van der Waals surface area contributed by atoms with Crippen LogP contribution in [0.1, 0.15) is 31.9 Å². The summed E-state index contributed by atoms with van der Waals surface area (Å²) >= 11 is 0. The fourth-order valence-electron chi connectivity index (χ4n) is 2.10. The highest BCUT2D eigenvalue weighted by molar-refractivity contribution is 5.89. The molecule has 1 heterocycles. The minimum Gasteiger partial charge on any atom is -0.379 e. The summed E-state index contributed by atoms with van der Waals surface area (Å²) in [5.41, 5.74) is 7.29. The Kier molecular flexibility index (Phi) is 4.07. The van der Waals surface area contributed by atoms with Crippen LogP contribution in [0.25, 0.3) is 0 Å². The van der Waals surface area contributed by atoms with Gasteiger partial charge >= 0.3 is 6.03 Å². The molecule has 0 saturated carbocycles. The van der Waals surface area contributed by atoms with Crippen molar-refractivity contribution in [3.8, 4) is 0 Å². The first-order valence-electron chi connectivity index (χ1n) is 6.51. The van der Waals surface area contributed by atoms with Crippen molar-refractivity contribution in [1.82, 2.24) is 5.32 Å². The van der Waals surface area contributed by atoms with E-state index in [0.29, 0.717) is 13.2 Å². The van der Waals surface area contributed by atoms with Crippen LogP contribution < -0.4 is 16.4 Å². The molecule has 1 aromatic rings. The Labute approximate surface area is 113 Å². The highest BCUT2D eigenvalue weighted by Crippen LogP contribution is 2.19. The average Bonchev–Trinajstić information content (AvgIpc) is 2.75. The van der Waals surface area contributed by atoms with Crippen LogP contribution in [0.2, 0.25) is 0 Å². The molecule has 0 aromatic heterocycles. The molecule has 1 aliphatic rings. The van der Waals surface area contributed by atoms with Gasteiger partial charge in [-0.05, 0) is 38.0 Å². The highest BCUT2D eigenvalue weighted by Gasteiger charge is 2.31. The summed E-state index contributed by atoms with van der Waals surface area (Å²) in [6.07, 6.45) is 0.834. The van der Waals surface area contributed by atoms with E-state index in [1.807, 2.05) is 38.1 Å². The number of nitrogens with two attached hydrogens (primary N) is 1. The number of rotatable bonds is 3. The van der Waals surface area contributed by atoms with Gasteiger partial charge in [-0.3, -0.25) is 0 Å². The third kappa shape index (κ3) is 3.68. The van der Waals surface area contributed by atoms with Crippen molar-refractivity contribution in [3.05, 3.63) is 29.8 Å². The standard InChI is InChI=1S/C14H21N3O2/c1-10(15)11-4-3-5-12(8-11)16-13(18)17-14(2)6-7-19-9-14/h3-5,8,10H,6-7,9,15H2,1-2H3,(H2,16,17,18). The van der Waals surface area contributed by atoms with Gasteiger partial charge in [0.25, 0.3) is 0 Å². The van der Waals surface area contributed by atoms with E-state index in [2.05, 4.69) is 10.6 Å². The molecule has 0 bridgehead atoms. The van der Waals surface area contributed by atoms with Crippen molar-refractivity contribution >= 4 is 11.7 Å². The van der Waals surface area contributed by atoms with Gasteiger partial charge in [0.2, 0.25) is 0 Å². The van der Waals surface area contributed by atoms with Crippen molar-refractivity contribution in [2.45, 2.75) is 31.8 Å². The lowest BCUT2D eigenvalue weighted by Crippen LogP contribution is -2.48. The average molecular weight is 263 g/mol. The molecule has 2 unspecified atom stereocenters. The zero-order chi connectivity index (χ0) is 13.9. The van der Waals surface area contributed by atoms with Crippen LogP contribution in [-0.2, 0) is 4.74 Å². The topological polar surface area (TPSA) is 76.4 Å². The summed E-state index contributed by atoms with van der Waals surface area (Å²) < 4.78 is 5.30. The van der Waals surface area contributed by atoms with Crippen molar-refractivity contribution in [1.29, 1.82) is 0 Å². The summed E-state index contributed by atoms with van der Waals surface area (Å²) in [4.78, 5) is 11.9. The fraction of sp³-hybridized carbons (Fsp3) is 0.500. The molecule has 0 radical (unpaired) electrons. The SMILES string of the molecule is CC(N)c1cccc(NC(=O)NC2(C)CCOC2)c1. The number of ether oxygens (including phenoxy) is 1. The van der Waals surface area contributed by atoms with Crippen LogP contribution in [0.3, 0.4) is 0 Å². The minimum absolute atomic E-state index is 0.0504. The first-order chi connectivity index (χ1) is 8.98. The number of amides is 2. The van der Waals surface area contributed by atoms with Gasteiger partial charge in [-0.25, -0.2) is 4.79 Å². The van der Waals surface area contributed by atoms with E-state index in [4.69, 9.17) is 10.5 Å². The largest absolute Gasteiger partial charge is 0.379 e. The Bertz CT molecular complexity index is 454. The van der Waals surface area contributed by atoms with Crippen LogP contribution in [0.4, 0.5) is 10.5 Å². The Morgan fingerprint density at radius 3 is 2.95 bits per heavy atom. The molecule has 5 heteroatoms. The Morgan fingerprint density at radius 2 is 2.32 bits per heavy atom. The van der Waals surface area contributed by atoms with Gasteiger partial charge in [-0.2, -0.15) is 0 Å². The van der Waals surface area contributed by atoms with E-state index in [9.17, 15) is 4.79 Å². The molecule has 2 rings (SSSR count). The van der Waals surface area contributed by atoms with Crippen molar-refractivity contribution in [3.63, 3.8) is 0 Å². The number of anilines is 1. The number of urea groups is 1. The van der Waals surface area contributed by atoms with Gasteiger partial charge < -0.3 is 21.1 Å². The number of carbonyl (C=O) groups is 1. The second-order valence-electron chi connectivity index (χ2n) is 5.36. The van der Waals surface area contributed by atoms with Gasteiger partial charge in [0.1, 0.15) is 0 Å². The molecule has 4 N–H and O–H groups in total. The lowest BCUT2D eigenvalue weighted by molar-refractivity contribution is 0.172. The van der Waals surface area contributed by atoms with E-state index in [-0.39, 0.29) is 17.6 Å². The number of nitrogens with one attached hydrogen (secondary N) is 2. The monoisotopic (exact) mass is 263 g/mol. The summed E-state index contributed by atoms with van der Waals surface area (Å²) in [6.45, 7) is 5.14. The third-order valence-electron chi connectivity index (χ3n) is 3.30. The molecule has 1 saturated heterocycles. The zero-order valence-corrected chi connectivity index (χ0v) is 11.4. The van der Waals surface area contributed by atoms with Crippen LogP contribution in [-0.4, -0.2) is 24.8 Å². The van der Waals surface area contributed by atoms with Gasteiger partial charge in [-0.15, -0.1) is 0 Å². The molecule has 1 fully saturated rings. The Balaban J connectivity index is 1.97. The lowest BCUT2D eigenvalue weighted by Gasteiger charge is -2.23. The second kappa shape index (κ2) is 5.59. The maximum Gasteiger partial charge on any atom is 0.319 e. The van der Waals surface area contributed by atoms with E-state index in [1.165, 1.54) is 0 Å². The maximum atomic E-state index is 11.9. The predicted octanol–water partition coefficient (Wildman–Crippen LogP) is 2.01. The van der Waals surface area contributed by atoms with Gasteiger partial charge in [0, 0.05) is 18.3 Å². The number of hydrogen-bond donors (Lipinski definition) is 3. The van der Waals surface area contributed by atoms with Gasteiger partial charge in [0.15, 0.2) is 0 Å². The summed E-state index contributed by atoms with van der Waals surface area (Å²) in [5, 5.41) is 5.77. The molecular weight excluding hydrogens is 242 g/mol. The smallest absolute Gasteiger partial charge is 0.319 e. The first-order valence-corrected chi connectivity index (χ1v) is 6.51. The molecular formula is C14H21N3O2. The normalized spacial score (nSPS) is 23.9. The van der Waals surface area contributed by atoms with Crippen molar-refractivity contribution in [2.24, 2.45) is 5.73 Å². The van der Waals surface area contributed by atoms with Crippen molar-refractivity contribution < 1.29 is 9.53 Å². The lowest BCUT2D eigenvalue weighted by atomic mass is 10.0. The summed E-state index contributed by atoms with van der Waals surface area (Å²) in [7, 11) is 0. The molecule has 2 atom stereocenters. The maximum absolute atomic E-state index is 11.9. The van der Waals surface area contributed by atoms with Gasteiger partial charge in [0.05, 0.1) is 12.1 Å². The summed E-state index contributed by atoms with van der Waals surface area (Å²) in [5.74, 6) is 0. The quantitative estimate of drug-likeness (QED) is 0.780. The van der Waals surface area contributed by atoms with E-state index in [1.54, 1.807) is 0 Å². The van der Waals surface area contributed by atoms with E-state index in [0.717, 1.165) is 17.7 Å². The van der Waals surface area contributed by atoms with Crippen LogP contribution in [0, 0.1) is 0 Å². The molecule has 2 amide bonds. The second-order valence-corrected chi connectivity index (χ2v) is 5.36. The highest BCUT2D eigenvalue weighted by atomic mass is 16.5. The number of carbonyl (C=O) groups excluding carboxylic acids is 1. The summed E-state index contributed by atoms with van der Waals surface area (Å²) in [6, 6.07) is 7.30. The molecule has 19 heavy (non-hydrogen) atoms. The van der Waals surface area contributed by atoms with Crippen molar-refractivity contribution in [2.75, 3.05) is 18.5 Å². The first kappa shape index (κ1) is 13.8. The third-order valence-corrected chi connectivity index (χ3v) is 3.30. The molecule has 0 spiro atoms. The fourth-order valence-corrected chi connectivity index (χ4v) is 2.10. The van der Waals surface area contributed by atoms with E-state index >= 15 is 0 Å². The molecule has 104 valence electrons. The zero-order valence-electron chi connectivity index (χ0n) is 11.4. The Morgan fingerprint density at radius 1 is 1.53 bits per heavy atom. The van der Waals surface area contributed by atoms with Crippen LogP contribution >= 0.6 is 0 Å². The number of benzene rings is 1. The Hall–Kier alpha value is -1.59. The minimum atomic E-state index is -0.275. The molecule has 5 nitrogen and oxygen atoms in total.